The Kier molecular flexibility index (Phi) is 2.09. The summed E-state index contributed by atoms with van der Waals surface area (Å²) in [5.74, 6) is 5.83. The van der Waals surface area contributed by atoms with Gasteiger partial charge in [0.2, 0.25) is 0 Å². The number of hydrogen-bond acceptors (Lipinski definition) is 3. The highest BCUT2D eigenvalue weighted by atomic mass is 16.8. The van der Waals surface area contributed by atoms with Crippen LogP contribution in [0.2, 0.25) is 0 Å². The van der Waals surface area contributed by atoms with E-state index in [1.54, 1.807) is 26.8 Å². The lowest BCUT2D eigenvalue weighted by Crippen LogP contribution is -2.20. The van der Waals surface area contributed by atoms with Crippen LogP contribution in [0.1, 0.15) is 20.8 Å². The quantitative estimate of drug-likeness (QED) is 0.407. The van der Waals surface area contributed by atoms with Gasteiger partial charge < -0.3 is 9.47 Å². The Labute approximate surface area is 71.4 Å². The SMILES string of the molecule is CC#C/C=C1\OC(=O)OC1(C)C. The molecule has 3 heteroatoms. The first kappa shape index (κ1) is 8.66. The van der Waals surface area contributed by atoms with Crippen molar-refractivity contribution < 1.29 is 14.3 Å². The molecule has 1 heterocycles. The Balaban J connectivity index is 2.89. The molecule has 1 aliphatic rings. The molecule has 1 saturated heterocycles. The molecule has 3 nitrogen and oxygen atoms in total. The third-order valence-corrected chi connectivity index (χ3v) is 1.47. The molecule has 0 unspecified atom stereocenters. The van der Waals surface area contributed by atoms with E-state index in [0.29, 0.717) is 5.76 Å². The molecule has 64 valence electrons. The van der Waals surface area contributed by atoms with Crippen molar-refractivity contribution in [3.8, 4) is 11.8 Å². The predicted molar refractivity (Wildman–Crippen MR) is 43.2 cm³/mol. The van der Waals surface area contributed by atoms with Crippen molar-refractivity contribution in [3.05, 3.63) is 11.8 Å². The molecular formula is C9H10O3. The van der Waals surface area contributed by atoms with Crippen molar-refractivity contribution in [2.75, 3.05) is 0 Å². The monoisotopic (exact) mass is 166 g/mol. The largest absolute Gasteiger partial charge is 0.514 e. The molecule has 0 aromatic heterocycles. The minimum atomic E-state index is -0.680. The van der Waals surface area contributed by atoms with Crippen LogP contribution >= 0.6 is 0 Å². The average molecular weight is 166 g/mol. The summed E-state index contributed by atoms with van der Waals surface area (Å²) in [5, 5.41) is 0. The number of allylic oxidation sites excluding steroid dienone is 1. The number of cyclic esters (lactones) is 2. The van der Waals surface area contributed by atoms with Gasteiger partial charge in [-0.3, -0.25) is 0 Å². The summed E-state index contributed by atoms with van der Waals surface area (Å²) in [4.78, 5) is 10.7. The Bertz CT molecular complexity index is 289. The summed E-state index contributed by atoms with van der Waals surface area (Å²) in [7, 11) is 0. The minimum absolute atomic E-state index is 0.460. The van der Waals surface area contributed by atoms with Crippen LogP contribution in [-0.4, -0.2) is 11.8 Å². The summed E-state index contributed by atoms with van der Waals surface area (Å²) in [6.45, 7) is 5.21. The molecule has 0 amide bonds. The molecule has 0 aliphatic carbocycles. The predicted octanol–water partition coefficient (Wildman–Crippen LogP) is 1.84. The van der Waals surface area contributed by atoms with Crippen molar-refractivity contribution in [2.24, 2.45) is 0 Å². The molecule has 0 atom stereocenters. The van der Waals surface area contributed by atoms with Gasteiger partial charge >= 0.3 is 6.16 Å². The number of carbonyl (C=O) groups is 1. The molecular weight excluding hydrogens is 156 g/mol. The van der Waals surface area contributed by atoms with Crippen LogP contribution in [0.5, 0.6) is 0 Å². The topological polar surface area (TPSA) is 35.5 Å². The molecule has 0 aromatic rings. The van der Waals surface area contributed by atoms with Crippen LogP contribution in [0, 0.1) is 11.8 Å². The number of ether oxygens (including phenoxy) is 2. The highest BCUT2D eigenvalue weighted by Crippen LogP contribution is 2.29. The lowest BCUT2D eigenvalue weighted by atomic mass is 10.1. The lowest BCUT2D eigenvalue weighted by Gasteiger charge is -2.12. The molecule has 12 heavy (non-hydrogen) atoms. The van der Waals surface area contributed by atoms with Gasteiger partial charge in [-0.05, 0) is 20.8 Å². The molecule has 0 aromatic carbocycles. The van der Waals surface area contributed by atoms with E-state index in [2.05, 4.69) is 11.8 Å². The zero-order valence-electron chi connectivity index (χ0n) is 7.30. The van der Waals surface area contributed by atoms with Gasteiger partial charge in [-0.15, -0.1) is 5.92 Å². The van der Waals surface area contributed by atoms with Gasteiger partial charge in [0, 0.05) is 6.08 Å². The Morgan fingerprint density at radius 2 is 2.17 bits per heavy atom. The third-order valence-electron chi connectivity index (χ3n) is 1.47. The zero-order valence-corrected chi connectivity index (χ0v) is 7.30. The normalized spacial score (nSPS) is 22.6. The minimum Gasteiger partial charge on any atom is -0.420 e. The van der Waals surface area contributed by atoms with E-state index in [4.69, 9.17) is 9.47 Å². The first-order valence-electron chi connectivity index (χ1n) is 3.60. The van der Waals surface area contributed by atoms with Crippen LogP contribution in [-0.2, 0) is 9.47 Å². The van der Waals surface area contributed by atoms with Gasteiger partial charge in [-0.25, -0.2) is 4.79 Å². The summed E-state index contributed by atoms with van der Waals surface area (Å²) in [5.41, 5.74) is -0.680. The average Bonchev–Trinajstić information content (AvgIpc) is 2.20. The van der Waals surface area contributed by atoms with Crippen molar-refractivity contribution in [3.63, 3.8) is 0 Å². The van der Waals surface area contributed by atoms with Crippen LogP contribution in [0.4, 0.5) is 4.79 Å². The van der Waals surface area contributed by atoms with Gasteiger partial charge in [0.1, 0.15) is 0 Å². The summed E-state index contributed by atoms with van der Waals surface area (Å²) in [6, 6.07) is 0. The van der Waals surface area contributed by atoms with E-state index in [-0.39, 0.29) is 0 Å². The zero-order chi connectivity index (χ0) is 9.19. The van der Waals surface area contributed by atoms with E-state index in [9.17, 15) is 4.79 Å². The molecule has 0 bridgehead atoms. The van der Waals surface area contributed by atoms with Gasteiger partial charge in [0.25, 0.3) is 0 Å². The first-order valence-corrected chi connectivity index (χ1v) is 3.60. The second-order valence-corrected chi connectivity index (χ2v) is 2.87. The smallest absolute Gasteiger partial charge is 0.420 e. The van der Waals surface area contributed by atoms with E-state index >= 15 is 0 Å². The highest BCUT2D eigenvalue weighted by molar-refractivity contribution is 5.66. The fraction of sp³-hybridized carbons (Fsp3) is 0.444. The van der Waals surface area contributed by atoms with Crippen molar-refractivity contribution in [1.29, 1.82) is 0 Å². The van der Waals surface area contributed by atoms with E-state index in [0.717, 1.165) is 0 Å². The van der Waals surface area contributed by atoms with E-state index in [1.165, 1.54) is 0 Å². The van der Waals surface area contributed by atoms with Gasteiger partial charge in [0.05, 0.1) is 0 Å². The van der Waals surface area contributed by atoms with Crippen molar-refractivity contribution >= 4 is 6.16 Å². The van der Waals surface area contributed by atoms with Crippen LogP contribution in [0.25, 0.3) is 0 Å². The van der Waals surface area contributed by atoms with E-state index < -0.39 is 11.8 Å². The lowest BCUT2D eigenvalue weighted by molar-refractivity contribution is 0.0872. The molecule has 0 N–H and O–H groups in total. The maximum atomic E-state index is 10.7. The highest BCUT2D eigenvalue weighted by Gasteiger charge is 2.38. The second kappa shape index (κ2) is 2.90. The van der Waals surface area contributed by atoms with Crippen molar-refractivity contribution in [2.45, 2.75) is 26.4 Å². The van der Waals surface area contributed by atoms with Crippen molar-refractivity contribution in [1.82, 2.24) is 0 Å². The maximum absolute atomic E-state index is 10.7. The Morgan fingerprint density at radius 3 is 2.58 bits per heavy atom. The van der Waals surface area contributed by atoms with Crippen LogP contribution in [0.15, 0.2) is 11.8 Å². The summed E-state index contributed by atoms with van der Waals surface area (Å²) >= 11 is 0. The molecule has 0 radical (unpaired) electrons. The number of hydrogen-bond donors (Lipinski definition) is 0. The molecule has 0 saturated carbocycles. The van der Waals surface area contributed by atoms with Gasteiger partial charge in [-0.1, -0.05) is 5.92 Å². The second-order valence-electron chi connectivity index (χ2n) is 2.87. The molecule has 0 spiro atoms. The van der Waals surface area contributed by atoms with Crippen LogP contribution in [0.3, 0.4) is 0 Å². The van der Waals surface area contributed by atoms with E-state index in [1.807, 2.05) is 0 Å². The Morgan fingerprint density at radius 1 is 1.50 bits per heavy atom. The number of rotatable bonds is 0. The summed E-state index contributed by atoms with van der Waals surface area (Å²) < 4.78 is 9.64. The first-order chi connectivity index (χ1) is 5.56. The molecule has 1 rings (SSSR count). The Hall–Kier alpha value is -1.43. The van der Waals surface area contributed by atoms with Crippen LogP contribution < -0.4 is 0 Å². The standard InChI is InChI=1S/C9H10O3/c1-4-5-6-7-9(2,3)12-8(10)11-7/h6H,1-3H3/b7-6-. The number of carbonyl (C=O) groups excluding carboxylic acids is 1. The maximum Gasteiger partial charge on any atom is 0.514 e. The fourth-order valence-corrected chi connectivity index (χ4v) is 0.833. The van der Waals surface area contributed by atoms with Gasteiger partial charge in [-0.2, -0.15) is 0 Å². The van der Waals surface area contributed by atoms with Gasteiger partial charge in [0.15, 0.2) is 11.4 Å². The summed E-state index contributed by atoms with van der Waals surface area (Å²) in [6.07, 6.45) is 0.884. The fourth-order valence-electron chi connectivity index (χ4n) is 0.833. The third kappa shape index (κ3) is 1.59. The molecule has 1 fully saturated rings. The molecule has 1 aliphatic heterocycles.